The van der Waals surface area contributed by atoms with Gasteiger partial charge in [0.15, 0.2) is 23.4 Å². The van der Waals surface area contributed by atoms with Crippen molar-refractivity contribution in [3.05, 3.63) is 41.8 Å². The van der Waals surface area contributed by atoms with Gasteiger partial charge in [0.05, 0.1) is 6.54 Å². The van der Waals surface area contributed by atoms with Crippen molar-refractivity contribution in [2.75, 3.05) is 13.1 Å². The Labute approximate surface area is 140 Å². The van der Waals surface area contributed by atoms with E-state index in [9.17, 15) is 4.39 Å². The van der Waals surface area contributed by atoms with Gasteiger partial charge in [-0.25, -0.2) is 9.38 Å². The van der Waals surface area contributed by atoms with Gasteiger partial charge in [-0.3, -0.25) is 0 Å². The third kappa shape index (κ3) is 5.53. The minimum absolute atomic E-state index is 0.232. The van der Waals surface area contributed by atoms with Crippen molar-refractivity contribution in [2.45, 2.75) is 33.4 Å². The smallest absolute Gasteiger partial charge is 0.248 e. The molecule has 1 heterocycles. The number of ether oxygens (including phenoxy) is 1. The highest BCUT2D eigenvalue weighted by molar-refractivity contribution is 5.79. The summed E-state index contributed by atoms with van der Waals surface area (Å²) in [4.78, 5) is 8.46. The van der Waals surface area contributed by atoms with Crippen LogP contribution in [-0.4, -0.2) is 35.3 Å². The summed E-state index contributed by atoms with van der Waals surface area (Å²) in [5.41, 5.74) is 0. The molecule has 0 amide bonds. The molecule has 7 nitrogen and oxygen atoms in total. The fraction of sp³-hybridized carbons (Fsp3) is 0.438. The normalized spacial score (nSPS) is 12.8. The molecule has 2 rings (SSSR count). The maximum atomic E-state index is 13.6. The van der Waals surface area contributed by atoms with E-state index in [1.54, 1.807) is 25.1 Å². The molecule has 1 aromatic carbocycles. The molecule has 1 atom stereocenters. The molecule has 130 valence electrons. The molecule has 0 fully saturated rings. The predicted molar refractivity (Wildman–Crippen MR) is 88.3 cm³/mol. The Hall–Kier alpha value is -2.64. The molecule has 1 aromatic heterocycles. The van der Waals surface area contributed by atoms with Crippen LogP contribution in [0.5, 0.6) is 5.75 Å². The van der Waals surface area contributed by atoms with Crippen LogP contribution >= 0.6 is 0 Å². The summed E-state index contributed by atoms with van der Waals surface area (Å²) in [6, 6.07) is 6.33. The van der Waals surface area contributed by atoms with E-state index in [1.807, 2.05) is 13.8 Å². The van der Waals surface area contributed by atoms with Crippen LogP contribution in [0.25, 0.3) is 0 Å². The molecule has 0 aliphatic carbocycles. The van der Waals surface area contributed by atoms with E-state index < -0.39 is 0 Å². The van der Waals surface area contributed by atoms with Gasteiger partial charge in [-0.1, -0.05) is 17.3 Å². The Balaban J connectivity index is 1.87. The molecule has 0 bridgehead atoms. The molecule has 0 saturated carbocycles. The number of aromatic nitrogens is 2. The number of nitrogens with zero attached hydrogens (tertiary/aromatic N) is 3. The standard InChI is InChI=1S/C16H22FN5O2/c1-4-18-16(20-10-15-21-12(3)22-24-15)19-9-11(2)23-14-8-6-5-7-13(14)17/h5-8,11H,4,9-10H2,1-3H3,(H2,18,19,20). The van der Waals surface area contributed by atoms with Crippen molar-refractivity contribution in [1.29, 1.82) is 0 Å². The number of halogens is 1. The molecule has 2 N–H and O–H groups in total. The Morgan fingerprint density at radius 1 is 1.38 bits per heavy atom. The lowest BCUT2D eigenvalue weighted by Crippen LogP contribution is -2.41. The molecule has 24 heavy (non-hydrogen) atoms. The minimum atomic E-state index is -0.378. The minimum Gasteiger partial charge on any atom is -0.486 e. The van der Waals surface area contributed by atoms with Crippen LogP contribution in [0.15, 0.2) is 33.8 Å². The van der Waals surface area contributed by atoms with Crippen LogP contribution < -0.4 is 15.4 Å². The molecule has 8 heteroatoms. The van der Waals surface area contributed by atoms with Crippen molar-refractivity contribution in [2.24, 2.45) is 4.99 Å². The predicted octanol–water partition coefficient (Wildman–Crippen LogP) is 2.04. The summed E-state index contributed by atoms with van der Waals surface area (Å²) >= 11 is 0. The summed E-state index contributed by atoms with van der Waals surface area (Å²) in [7, 11) is 0. The van der Waals surface area contributed by atoms with E-state index in [4.69, 9.17) is 9.26 Å². The number of aliphatic imine (C=N–C) groups is 1. The van der Waals surface area contributed by atoms with Gasteiger partial charge in [-0.15, -0.1) is 0 Å². The van der Waals surface area contributed by atoms with Crippen molar-refractivity contribution >= 4 is 5.96 Å². The van der Waals surface area contributed by atoms with Gasteiger partial charge in [-0.2, -0.15) is 4.98 Å². The fourth-order valence-corrected chi connectivity index (χ4v) is 1.93. The number of para-hydroxylation sites is 1. The van der Waals surface area contributed by atoms with Crippen LogP contribution in [0.4, 0.5) is 4.39 Å². The van der Waals surface area contributed by atoms with E-state index in [1.165, 1.54) is 6.07 Å². The van der Waals surface area contributed by atoms with Gasteiger partial charge in [-0.05, 0) is 32.9 Å². The zero-order chi connectivity index (χ0) is 17.4. The number of guanidine groups is 1. The Bertz CT molecular complexity index is 674. The topological polar surface area (TPSA) is 84.6 Å². The van der Waals surface area contributed by atoms with Crippen molar-refractivity contribution in [1.82, 2.24) is 20.8 Å². The summed E-state index contributed by atoms with van der Waals surface area (Å²) in [5, 5.41) is 9.97. The first-order valence-electron chi connectivity index (χ1n) is 7.81. The maximum Gasteiger partial charge on any atom is 0.248 e. The van der Waals surface area contributed by atoms with Gasteiger partial charge < -0.3 is 19.9 Å². The van der Waals surface area contributed by atoms with Gasteiger partial charge in [0.1, 0.15) is 12.6 Å². The average molecular weight is 335 g/mol. The zero-order valence-corrected chi connectivity index (χ0v) is 14.0. The average Bonchev–Trinajstić information content (AvgIpc) is 2.98. The summed E-state index contributed by atoms with van der Waals surface area (Å²) in [6.45, 7) is 7.01. The van der Waals surface area contributed by atoms with Crippen molar-refractivity contribution in [3.63, 3.8) is 0 Å². The first-order valence-corrected chi connectivity index (χ1v) is 7.81. The summed E-state index contributed by atoms with van der Waals surface area (Å²) in [5.74, 6) is 1.47. The molecule has 0 aliphatic heterocycles. The second-order valence-corrected chi connectivity index (χ2v) is 5.17. The quantitative estimate of drug-likeness (QED) is 0.595. The van der Waals surface area contributed by atoms with Crippen LogP contribution in [-0.2, 0) is 6.54 Å². The maximum absolute atomic E-state index is 13.6. The lowest BCUT2D eigenvalue weighted by atomic mass is 10.3. The first kappa shape index (κ1) is 17.7. The number of hydrogen-bond donors (Lipinski definition) is 2. The number of hydrogen-bond acceptors (Lipinski definition) is 5. The van der Waals surface area contributed by atoms with E-state index in [0.29, 0.717) is 30.8 Å². The van der Waals surface area contributed by atoms with Crippen molar-refractivity contribution < 1.29 is 13.7 Å². The Kier molecular flexibility index (Phi) is 6.53. The first-order chi connectivity index (χ1) is 11.6. The van der Waals surface area contributed by atoms with Crippen LogP contribution in [0.3, 0.4) is 0 Å². The second-order valence-electron chi connectivity index (χ2n) is 5.17. The van der Waals surface area contributed by atoms with Gasteiger partial charge in [0, 0.05) is 6.54 Å². The van der Waals surface area contributed by atoms with E-state index >= 15 is 0 Å². The van der Waals surface area contributed by atoms with E-state index in [2.05, 4.69) is 25.8 Å². The summed E-state index contributed by atoms with van der Waals surface area (Å²) in [6.07, 6.45) is -0.239. The van der Waals surface area contributed by atoms with Crippen LogP contribution in [0, 0.1) is 12.7 Å². The molecular formula is C16H22FN5O2. The lowest BCUT2D eigenvalue weighted by molar-refractivity contribution is 0.214. The zero-order valence-electron chi connectivity index (χ0n) is 14.0. The van der Waals surface area contributed by atoms with Crippen LogP contribution in [0.2, 0.25) is 0 Å². The monoisotopic (exact) mass is 335 g/mol. The van der Waals surface area contributed by atoms with Gasteiger partial charge in [0.25, 0.3) is 0 Å². The van der Waals surface area contributed by atoms with E-state index in [-0.39, 0.29) is 24.2 Å². The number of benzene rings is 1. The van der Waals surface area contributed by atoms with Crippen LogP contribution in [0.1, 0.15) is 25.6 Å². The summed E-state index contributed by atoms with van der Waals surface area (Å²) < 4.78 is 24.2. The SMILES string of the molecule is CCNC(=NCc1nc(C)no1)NCC(C)Oc1ccccc1F. The Morgan fingerprint density at radius 2 is 2.17 bits per heavy atom. The molecule has 2 aromatic rings. The molecule has 0 spiro atoms. The third-order valence-corrected chi connectivity index (χ3v) is 3.01. The fourth-order valence-electron chi connectivity index (χ4n) is 1.93. The highest BCUT2D eigenvalue weighted by Gasteiger charge is 2.09. The van der Waals surface area contributed by atoms with E-state index in [0.717, 1.165) is 0 Å². The van der Waals surface area contributed by atoms with Gasteiger partial charge >= 0.3 is 0 Å². The van der Waals surface area contributed by atoms with Crippen molar-refractivity contribution in [3.8, 4) is 5.75 Å². The third-order valence-electron chi connectivity index (χ3n) is 3.01. The highest BCUT2D eigenvalue weighted by Crippen LogP contribution is 2.16. The van der Waals surface area contributed by atoms with Gasteiger partial charge in [0.2, 0.25) is 5.89 Å². The number of nitrogens with one attached hydrogen (secondary N) is 2. The second kappa shape index (κ2) is 8.85. The lowest BCUT2D eigenvalue weighted by Gasteiger charge is -2.17. The molecular weight excluding hydrogens is 313 g/mol. The molecule has 0 aliphatic rings. The Morgan fingerprint density at radius 3 is 2.83 bits per heavy atom. The molecule has 0 saturated heterocycles. The highest BCUT2D eigenvalue weighted by atomic mass is 19.1. The number of rotatable bonds is 7. The molecule has 1 unspecified atom stereocenters. The largest absolute Gasteiger partial charge is 0.486 e. The molecule has 0 radical (unpaired) electrons. The number of aryl methyl sites for hydroxylation is 1.